The number of rotatable bonds is 0. The average molecular weight is 99.2 g/mol. The summed E-state index contributed by atoms with van der Waals surface area (Å²) in [7, 11) is 3.74. The highest BCUT2D eigenvalue weighted by molar-refractivity contribution is 4.76. The number of nitrogens with two attached hydrogens (primary N) is 1. The fourth-order valence-corrected chi connectivity index (χ4v) is 0.863. The highest BCUT2D eigenvalue weighted by atomic mass is 15.1. The van der Waals surface area contributed by atoms with Gasteiger partial charge in [0.15, 0.2) is 0 Å². The minimum Gasteiger partial charge on any atom is -0.326 e. The molecular weight excluding hydrogens is 88.1 g/mol. The van der Waals surface area contributed by atoms with E-state index in [2.05, 4.69) is 7.05 Å². The molecule has 1 aliphatic heterocycles. The average Bonchev–Trinajstić information content (AvgIpc) is 1.87. The maximum absolute atomic E-state index is 5.54. The van der Waals surface area contributed by atoms with Crippen LogP contribution < -0.4 is 5.73 Å². The molecular formula is C5H11N2. The molecule has 2 nitrogen and oxygen atoms in total. The van der Waals surface area contributed by atoms with Gasteiger partial charge in [-0.15, -0.1) is 0 Å². The Morgan fingerprint density at radius 1 is 1.71 bits per heavy atom. The van der Waals surface area contributed by atoms with Gasteiger partial charge >= 0.3 is 0 Å². The van der Waals surface area contributed by atoms with E-state index in [9.17, 15) is 0 Å². The summed E-state index contributed by atoms with van der Waals surface area (Å²) in [5.41, 5.74) is 5.54. The maximum atomic E-state index is 5.54. The SMILES string of the molecule is [CH2]N1CCC(N)C1. The van der Waals surface area contributed by atoms with Gasteiger partial charge in [0.1, 0.15) is 0 Å². The molecule has 1 saturated heterocycles. The van der Waals surface area contributed by atoms with Gasteiger partial charge in [-0.1, -0.05) is 0 Å². The van der Waals surface area contributed by atoms with Gasteiger partial charge in [-0.3, -0.25) is 0 Å². The zero-order valence-corrected chi connectivity index (χ0v) is 4.43. The van der Waals surface area contributed by atoms with Gasteiger partial charge in [0.25, 0.3) is 0 Å². The Kier molecular flexibility index (Phi) is 1.30. The molecule has 1 fully saturated rings. The lowest BCUT2D eigenvalue weighted by molar-refractivity contribution is 0.454. The fourth-order valence-electron chi connectivity index (χ4n) is 0.863. The zero-order valence-electron chi connectivity index (χ0n) is 4.43. The summed E-state index contributed by atoms with van der Waals surface area (Å²) in [6, 6.07) is 0.387. The minimum absolute atomic E-state index is 0.387. The van der Waals surface area contributed by atoms with E-state index in [0.717, 1.165) is 19.5 Å². The van der Waals surface area contributed by atoms with Crippen molar-refractivity contribution >= 4 is 0 Å². The lowest BCUT2D eigenvalue weighted by Crippen LogP contribution is -2.22. The van der Waals surface area contributed by atoms with E-state index in [4.69, 9.17) is 5.73 Å². The summed E-state index contributed by atoms with van der Waals surface area (Å²) in [4.78, 5) is 2.00. The normalized spacial score (nSPS) is 34.3. The van der Waals surface area contributed by atoms with E-state index in [1.807, 2.05) is 4.90 Å². The van der Waals surface area contributed by atoms with Crippen LogP contribution in [0.25, 0.3) is 0 Å². The van der Waals surface area contributed by atoms with Crippen molar-refractivity contribution in [3.05, 3.63) is 7.05 Å². The molecule has 0 bridgehead atoms. The summed E-state index contributed by atoms with van der Waals surface area (Å²) in [5, 5.41) is 0. The third-order valence-electron chi connectivity index (χ3n) is 1.31. The van der Waals surface area contributed by atoms with E-state index < -0.39 is 0 Å². The molecule has 2 heteroatoms. The molecule has 1 atom stereocenters. The number of hydrogen-bond acceptors (Lipinski definition) is 2. The van der Waals surface area contributed by atoms with Crippen molar-refractivity contribution in [3.63, 3.8) is 0 Å². The predicted octanol–water partition coefficient (Wildman–Crippen LogP) is -0.189. The van der Waals surface area contributed by atoms with Gasteiger partial charge < -0.3 is 10.6 Å². The van der Waals surface area contributed by atoms with Crippen molar-refractivity contribution in [1.29, 1.82) is 0 Å². The molecule has 2 N–H and O–H groups in total. The van der Waals surface area contributed by atoms with Gasteiger partial charge in [0.2, 0.25) is 0 Å². The number of nitrogens with zero attached hydrogens (tertiary/aromatic N) is 1. The van der Waals surface area contributed by atoms with E-state index in [-0.39, 0.29) is 0 Å². The molecule has 0 aliphatic carbocycles. The molecule has 1 aliphatic rings. The molecule has 1 unspecified atom stereocenters. The molecule has 0 aromatic rings. The van der Waals surface area contributed by atoms with E-state index in [1.54, 1.807) is 0 Å². The van der Waals surface area contributed by atoms with Crippen LogP contribution in [0.5, 0.6) is 0 Å². The van der Waals surface area contributed by atoms with Crippen LogP contribution in [0.15, 0.2) is 0 Å². The van der Waals surface area contributed by atoms with Gasteiger partial charge in [-0.2, -0.15) is 0 Å². The molecule has 0 saturated carbocycles. The summed E-state index contributed by atoms with van der Waals surface area (Å²) in [6.45, 7) is 2.04. The molecule has 0 spiro atoms. The minimum atomic E-state index is 0.387. The molecule has 7 heavy (non-hydrogen) atoms. The molecule has 41 valence electrons. The largest absolute Gasteiger partial charge is 0.326 e. The fraction of sp³-hybridized carbons (Fsp3) is 0.800. The summed E-state index contributed by atoms with van der Waals surface area (Å²) in [5.74, 6) is 0. The summed E-state index contributed by atoms with van der Waals surface area (Å²) < 4.78 is 0. The van der Waals surface area contributed by atoms with Gasteiger partial charge in [0.05, 0.1) is 0 Å². The molecule has 1 heterocycles. The smallest absolute Gasteiger partial charge is 0.0180 e. The maximum Gasteiger partial charge on any atom is 0.0180 e. The standard InChI is InChI=1S/C5H11N2/c1-7-3-2-5(6)4-7/h5H,1-4,6H2. The van der Waals surface area contributed by atoms with Crippen molar-refractivity contribution in [1.82, 2.24) is 4.90 Å². The Balaban J connectivity index is 2.26. The Morgan fingerprint density at radius 3 is 2.57 bits per heavy atom. The molecule has 0 amide bonds. The third kappa shape index (κ3) is 1.14. The Morgan fingerprint density at radius 2 is 2.43 bits per heavy atom. The van der Waals surface area contributed by atoms with Gasteiger partial charge in [-0.05, 0) is 13.0 Å². The number of likely N-dealkylation sites (tertiary alicyclic amines) is 1. The van der Waals surface area contributed by atoms with E-state index >= 15 is 0 Å². The van der Waals surface area contributed by atoms with Crippen molar-refractivity contribution in [2.75, 3.05) is 13.1 Å². The summed E-state index contributed by atoms with van der Waals surface area (Å²) >= 11 is 0. The van der Waals surface area contributed by atoms with Crippen molar-refractivity contribution in [2.24, 2.45) is 5.73 Å². The lowest BCUT2D eigenvalue weighted by Gasteiger charge is -2.02. The van der Waals surface area contributed by atoms with Crippen molar-refractivity contribution < 1.29 is 0 Å². The first-order valence-corrected chi connectivity index (χ1v) is 2.60. The Hall–Kier alpha value is -0.0800. The van der Waals surface area contributed by atoms with Crippen LogP contribution in [0.3, 0.4) is 0 Å². The Bertz CT molecular complexity index is 55.1. The monoisotopic (exact) mass is 99.1 g/mol. The second kappa shape index (κ2) is 1.80. The molecule has 0 aromatic carbocycles. The van der Waals surface area contributed by atoms with Gasteiger partial charge in [0, 0.05) is 19.6 Å². The highest BCUT2D eigenvalue weighted by Crippen LogP contribution is 2.02. The second-order valence-electron chi connectivity index (χ2n) is 2.13. The van der Waals surface area contributed by atoms with Gasteiger partial charge in [-0.25, -0.2) is 0 Å². The second-order valence-corrected chi connectivity index (χ2v) is 2.13. The molecule has 1 rings (SSSR count). The summed E-state index contributed by atoms with van der Waals surface area (Å²) in [6.07, 6.45) is 1.11. The van der Waals surface area contributed by atoms with Crippen LogP contribution in [0.1, 0.15) is 6.42 Å². The van der Waals surface area contributed by atoms with Crippen LogP contribution in [-0.2, 0) is 0 Å². The molecule has 1 radical (unpaired) electrons. The van der Waals surface area contributed by atoms with Crippen molar-refractivity contribution in [3.8, 4) is 0 Å². The zero-order chi connectivity index (χ0) is 5.28. The van der Waals surface area contributed by atoms with Crippen LogP contribution >= 0.6 is 0 Å². The van der Waals surface area contributed by atoms with Crippen molar-refractivity contribution in [2.45, 2.75) is 12.5 Å². The Labute approximate surface area is 44.3 Å². The van der Waals surface area contributed by atoms with Crippen LogP contribution in [-0.4, -0.2) is 24.0 Å². The first-order valence-electron chi connectivity index (χ1n) is 2.60. The first kappa shape index (κ1) is 5.06. The predicted molar refractivity (Wildman–Crippen MR) is 29.5 cm³/mol. The lowest BCUT2D eigenvalue weighted by atomic mass is 10.3. The van der Waals surface area contributed by atoms with Crippen LogP contribution in [0, 0.1) is 7.05 Å². The number of hydrogen-bond donors (Lipinski definition) is 1. The first-order chi connectivity index (χ1) is 3.29. The third-order valence-corrected chi connectivity index (χ3v) is 1.31. The quantitative estimate of drug-likeness (QED) is 0.456. The molecule has 0 aromatic heterocycles. The van der Waals surface area contributed by atoms with E-state index in [1.165, 1.54) is 0 Å². The highest BCUT2D eigenvalue weighted by Gasteiger charge is 2.13. The van der Waals surface area contributed by atoms with Crippen LogP contribution in [0.4, 0.5) is 0 Å². The topological polar surface area (TPSA) is 29.3 Å². The van der Waals surface area contributed by atoms with Crippen LogP contribution in [0.2, 0.25) is 0 Å². The van der Waals surface area contributed by atoms with E-state index in [0.29, 0.717) is 6.04 Å².